The van der Waals surface area contributed by atoms with Gasteiger partial charge in [-0.15, -0.1) is 0 Å². The van der Waals surface area contributed by atoms with E-state index < -0.39 is 17.8 Å². The van der Waals surface area contributed by atoms with Gasteiger partial charge in [0, 0.05) is 23.5 Å². The summed E-state index contributed by atoms with van der Waals surface area (Å²) in [5, 5.41) is 9.73. The van der Waals surface area contributed by atoms with Gasteiger partial charge in [0.2, 0.25) is 0 Å². The Balaban J connectivity index is 1.90. The number of pyridine rings is 1. The quantitative estimate of drug-likeness (QED) is 0.475. The van der Waals surface area contributed by atoms with Crippen LogP contribution in [0.5, 0.6) is 0 Å². The van der Waals surface area contributed by atoms with Crippen molar-refractivity contribution >= 4 is 34.8 Å². The maximum atomic E-state index is 12.8. The van der Waals surface area contributed by atoms with Crippen LogP contribution in [0.2, 0.25) is 0 Å². The number of aromatic nitrogens is 3. The van der Waals surface area contributed by atoms with E-state index in [0.29, 0.717) is 10.9 Å². The first-order chi connectivity index (χ1) is 13.8. The molecule has 0 atom stereocenters. The first kappa shape index (κ1) is 20.0. The average Bonchev–Trinajstić information content (AvgIpc) is 3.11. The van der Waals surface area contributed by atoms with Crippen molar-refractivity contribution in [2.75, 3.05) is 5.32 Å². The Morgan fingerprint density at radius 2 is 2.07 bits per heavy atom. The lowest BCUT2D eigenvalue weighted by molar-refractivity contribution is -0.141. The molecule has 1 amide bonds. The van der Waals surface area contributed by atoms with Crippen molar-refractivity contribution in [2.24, 2.45) is 4.99 Å². The Morgan fingerprint density at radius 1 is 1.28 bits per heavy atom. The Bertz CT molecular complexity index is 1130. The lowest BCUT2D eigenvalue weighted by atomic mass is 10.0. The zero-order valence-corrected chi connectivity index (χ0v) is 15.3. The van der Waals surface area contributed by atoms with Crippen LogP contribution in [0.1, 0.15) is 28.7 Å². The van der Waals surface area contributed by atoms with Gasteiger partial charge in [0.15, 0.2) is 5.69 Å². The Hall–Kier alpha value is -3.75. The summed E-state index contributed by atoms with van der Waals surface area (Å²) in [5.41, 5.74) is 1.35. The number of nitrogens with one attached hydrogen (secondary N) is 2. The van der Waals surface area contributed by atoms with Gasteiger partial charge in [0.1, 0.15) is 5.69 Å². The third kappa shape index (κ3) is 4.57. The summed E-state index contributed by atoms with van der Waals surface area (Å²) >= 11 is 0. The van der Waals surface area contributed by atoms with Crippen LogP contribution >= 0.6 is 0 Å². The molecule has 29 heavy (non-hydrogen) atoms. The molecule has 2 heterocycles. The fourth-order valence-electron chi connectivity index (χ4n) is 2.63. The van der Waals surface area contributed by atoms with Gasteiger partial charge in [-0.2, -0.15) is 18.3 Å². The van der Waals surface area contributed by atoms with Gasteiger partial charge in [-0.25, -0.2) is 0 Å². The van der Waals surface area contributed by atoms with E-state index in [4.69, 9.17) is 0 Å². The van der Waals surface area contributed by atoms with Gasteiger partial charge in [-0.1, -0.05) is 12.1 Å². The number of hydrogen-bond donors (Lipinski definition) is 2. The van der Waals surface area contributed by atoms with Crippen molar-refractivity contribution in [3.05, 3.63) is 71.8 Å². The van der Waals surface area contributed by atoms with E-state index in [1.807, 2.05) is 19.1 Å². The van der Waals surface area contributed by atoms with Crippen LogP contribution in [0.25, 0.3) is 16.5 Å². The fourth-order valence-corrected chi connectivity index (χ4v) is 2.63. The lowest BCUT2D eigenvalue weighted by Gasteiger charge is -2.08. The van der Waals surface area contributed by atoms with Crippen molar-refractivity contribution < 1.29 is 18.0 Å². The van der Waals surface area contributed by atoms with Crippen molar-refractivity contribution in [2.45, 2.75) is 13.1 Å². The highest BCUT2D eigenvalue weighted by atomic mass is 19.4. The third-order valence-electron chi connectivity index (χ3n) is 4.08. The topological polar surface area (TPSA) is 83.0 Å². The van der Waals surface area contributed by atoms with E-state index in [2.05, 4.69) is 32.2 Å². The zero-order chi connectivity index (χ0) is 21.0. The predicted molar refractivity (Wildman–Crippen MR) is 106 cm³/mol. The molecule has 0 aliphatic heterocycles. The van der Waals surface area contributed by atoms with Crippen LogP contribution in [0, 0.1) is 0 Å². The van der Waals surface area contributed by atoms with E-state index in [-0.39, 0.29) is 11.4 Å². The van der Waals surface area contributed by atoms with Crippen LogP contribution in [0.4, 0.5) is 18.9 Å². The van der Waals surface area contributed by atoms with Crippen LogP contribution < -0.4 is 5.32 Å². The Kier molecular flexibility index (Phi) is 5.58. The first-order valence-electron chi connectivity index (χ1n) is 8.42. The molecule has 0 saturated heterocycles. The van der Waals surface area contributed by atoms with E-state index in [0.717, 1.165) is 23.4 Å². The van der Waals surface area contributed by atoms with Gasteiger partial charge < -0.3 is 5.32 Å². The molecular formula is C20H16F3N5O. The summed E-state index contributed by atoms with van der Waals surface area (Å²) in [7, 11) is 0. The van der Waals surface area contributed by atoms with Crippen molar-refractivity contribution in [3.8, 4) is 0 Å². The van der Waals surface area contributed by atoms with Crippen molar-refractivity contribution in [3.63, 3.8) is 0 Å². The number of anilines is 1. The van der Waals surface area contributed by atoms with Crippen LogP contribution in [-0.2, 0) is 6.18 Å². The SMILES string of the molecule is C=N/C=C\C=C(/C)c1ccc2[nH]nc(C(=O)Nc3ccnc(C(F)(F)F)c3)c2c1. The first-order valence-corrected chi connectivity index (χ1v) is 8.42. The number of carbonyl (C=O) groups excluding carboxylic acids is 1. The Morgan fingerprint density at radius 3 is 2.79 bits per heavy atom. The van der Waals surface area contributed by atoms with E-state index in [9.17, 15) is 18.0 Å². The van der Waals surface area contributed by atoms with Crippen molar-refractivity contribution in [1.82, 2.24) is 15.2 Å². The second kappa shape index (κ2) is 8.09. The van der Waals surface area contributed by atoms with Crippen LogP contribution in [0.15, 0.2) is 59.9 Å². The molecule has 0 bridgehead atoms. The highest BCUT2D eigenvalue weighted by Gasteiger charge is 2.32. The molecule has 1 aromatic carbocycles. The molecule has 9 heteroatoms. The number of hydrogen-bond acceptors (Lipinski definition) is 4. The number of allylic oxidation sites excluding steroid dienone is 3. The molecule has 0 aliphatic rings. The van der Waals surface area contributed by atoms with Gasteiger partial charge in [0.25, 0.3) is 5.91 Å². The lowest BCUT2D eigenvalue weighted by Crippen LogP contribution is -2.14. The molecule has 2 N–H and O–H groups in total. The number of alkyl halides is 3. The molecule has 6 nitrogen and oxygen atoms in total. The third-order valence-corrected chi connectivity index (χ3v) is 4.08. The zero-order valence-electron chi connectivity index (χ0n) is 15.3. The molecule has 0 saturated carbocycles. The predicted octanol–water partition coefficient (Wildman–Crippen LogP) is 4.85. The molecule has 0 unspecified atom stereocenters. The van der Waals surface area contributed by atoms with Gasteiger partial charge in [-0.05, 0) is 55.1 Å². The molecule has 0 fully saturated rings. The summed E-state index contributed by atoms with van der Waals surface area (Å²) < 4.78 is 38.4. The van der Waals surface area contributed by atoms with Crippen LogP contribution in [-0.4, -0.2) is 27.8 Å². The van der Waals surface area contributed by atoms with Crippen LogP contribution in [0.3, 0.4) is 0 Å². The number of benzene rings is 1. The molecular weight excluding hydrogens is 383 g/mol. The second-order valence-corrected chi connectivity index (χ2v) is 6.09. The molecule has 2 aromatic heterocycles. The molecule has 0 radical (unpaired) electrons. The number of halogens is 3. The monoisotopic (exact) mass is 399 g/mol. The molecule has 0 spiro atoms. The maximum Gasteiger partial charge on any atom is 0.433 e. The smallest absolute Gasteiger partial charge is 0.320 e. The minimum absolute atomic E-state index is 0.0252. The number of H-pyrrole nitrogens is 1. The van der Waals surface area contributed by atoms with Gasteiger partial charge >= 0.3 is 6.18 Å². The summed E-state index contributed by atoms with van der Waals surface area (Å²) in [6.45, 7) is 5.25. The van der Waals surface area contributed by atoms with Gasteiger partial charge in [0.05, 0.1) is 5.52 Å². The summed E-state index contributed by atoms with van der Waals surface area (Å²) in [5.74, 6) is -0.634. The number of amides is 1. The minimum Gasteiger partial charge on any atom is -0.320 e. The minimum atomic E-state index is -4.60. The average molecular weight is 399 g/mol. The number of aliphatic imine (C=N–C) groups is 1. The maximum absolute atomic E-state index is 12.8. The number of nitrogens with zero attached hydrogens (tertiary/aromatic N) is 3. The number of fused-ring (bicyclic) bond motifs is 1. The van der Waals surface area contributed by atoms with Crippen molar-refractivity contribution in [1.29, 1.82) is 0 Å². The molecule has 3 aromatic rings. The largest absolute Gasteiger partial charge is 0.433 e. The molecule has 148 valence electrons. The van der Waals surface area contributed by atoms with E-state index in [1.165, 1.54) is 6.07 Å². The number of carbonyl (C=O) groups is 1. The van der Waals surface area contributed by atoms with Gasteiger partial charge in [-0.3, -0.25) is 19.9 Å². The number of rotatable bonds is 5. The number of aromatic amines is 1. The standard InChI is InChI=1S/C20H16F3N5O/c1-12(4-3-8-24-2)13-5-6-16-15(10-13)18(28-27-16)19(29)26-14-7-9-25-17(11-14)20(21,22)23/h3-11H,2H2,1H3,(H,27,28)(H,25,26,29)/b8-3-,12-4+. The van der Waals surface area contributed by atoms with E-state index >= 15 is 0 Å². The fraction of sp³-hybridized carbons (Fsp3) is 0.100. The molecule has 0 aliphatic carbocycles. The summed E-state index contributed by atoms with van der Waals surface area (Å²) in [6.07, 6.45) is 1.50. The summed E-state index contributed by atoms with van der Waals surface area (Å²) in [4.78, 5) is 19.5. The highest BCUT2D eigenvalue weighted by Crippen LogP contribution is 2.29. The summed E-state index contributed by atoms with van der Waals surface area (Å²) in [6, 6.07) is 7.46. The second-order valence-electron chi connectivity index (χ2n) is 6.09. The highest BCUT2D eigenvalue weighted by molar-refractivity contribution is 6.11. The van der Waals surface area contributed by atoms with E-state index in [1.54, 1.807) is 24.4 Å². The normalized spacial score (nSPS) is 12.5. The molecule has 3 rings (SSSR count). The Labute approximate surface area is 163 Å².